The van der Waals surface area contributed by atoms with E-state index in [1.54, 1.807) is 12.1 Å². The fourth-order valence-corrected chi connectivity index (χ4v) is 2.35. The fourth-order valence-electron chi connectivity index (χ4n) is 2.35. The summed E-state index contributed by atoms with van der Waals surface area (Å²) in [5.41, 5.74) is 2.24. The van der Waals surface area contributed by atoms with Gasteiger partial charge >= 0.3 is 0 Å². The van der Waals surface area contributed by atoms with Gasteiger partial charge in [0.15, 0.2) is 0 Å². The zero-order chi connectivity index (χ0) is 15.2. The Kier molecular flexibility index (Phi) is 5.53. The molecule has 2 rings (SSSR count). The molecule has 0 bridgehead atoms. The van der Waals surface area contributed by atoms with E-state index in [1.807, 2.05) is 26.2 Å². The van der Waals surface area contributed by atoms with Crippen molar-refractivity contribution in [2.45, 2.75) is 32.5 Å². The summed E-state index contributed by atoms with van der Waals surface area (Å²) in [4.78, 5) is 2.19. The molecule has 0 radical (unpaired) electrons. The molecule has 0 saturated carbocycles. The monoisotopic (exact) mass is 290 g/mol. The van der Waals surface area contributed by atoms with Crippen LogP contribution >= 0.6 is 0 Å². The molecule has 1 unspecified atom stereocenters. The van der Waals surface area contributed by atoms with E-state index in [9.17, 15) is 9.50 Å². The molecule has 3 nitrogen and oxygen atoms in total. The van der Waals surface area contributed by atoms with Crippen LogP contribution in [0.15, 0.2) is 42.6 Å². The van der Waals surface area contributed by atoms with Gasteiger partial charge in [0.25, 0.3) is 0 Å². The molecule has 0 spiro atoms. The van der Waals surface area contributed by atoms with Crippen LogP contribution < -0.4 is 0 Å². The Hall–Kier alpha value is -1.65. The van der Waals surface area contributed by atoms with Crippen molar-refractivity contribution < 1.29 is 9.50 Å². The van der Waals surface area contributed by atoms with Crippen molar-refractivity contribution in [1.29, 1.82) is 0 Å². The quantitative estimate of drug-likeness (QED) is 0.849. The van der Waals surface area contributed by atoms with Crippen LogP contribution in [0.3, 0.4) is 0 Å². The first kappa shape index (κ1) is 15.7. The van der Waals surface area contributed by atoms with Crippen LogP contribution in [0.5, 0.6) is 0 Å². The van der Waals surface area contributed by atoms with Crippen LogP contribution in [0.1, 0.15) is 24.6 Å². The number of aliphatic hydroxyl groups is 1. The third-order valence-electron chi connectivity index (χ3n) is 3.70. The molecule has 4 heteroatoms. The van der Waals surface area contributed by atoms with Gasteiger partial charge in [0.1, 0.15) is 5.82 Å². The van der Waals surface area contributed by atoms with Crippen molar-refractivity contribution in [3.05, 3.63) is 59.7 Å². The van der Waals surface area contributed by atoms with Crippen molar-refractivity contribution in [3.63, 3.8) is 0 Å². The summed E-state index contributed by atoms with van der Waals surface area (Å²) >= 11 is 0. The van der Waals surface area contributed by atoms with Crippen molar-refractivity contribution >= 4 is 0 Å². The molecule has 21 heavy (non-hydrogen) atoms. The lowest BCUT2D eigenvalue weighted by molar-refractivity contribution is 0.100. The lowest BCUT2D eigenvalue weighted by Crippen LogP contribution is -2.32. The van der Waals surface area contributed by atoms with Gasteiger partial charge in [0.05, 0.1) is 6.10 Å². The summed E-state index contributed by atoms with van der Waals surface area (Å²) in [6, 6.07) is 10.6. The molecule has 0 aliphatic heterocycles. The lowest BCUT2D eigenvalue weighted by atomic mass is 10.2. The maximum Gasteiger partial charge on any atom is 0.123 e. The summed E-state index contributed by atoms with van der Waals surface area (Å²) in [5, 5.41) is 9.94. The maximum absolute atomic E-state index is 13.0. The average molecular weight is 290 g/mol. The predicted molar refractivity (Wildman–Crippen MR) is 82.2 cm³/mol. The van der Waals surface area contributed by atoms with Gasteiger partial charge in [0, 0.05) is 38.6 Å². The molecular weight excluding hydrogens is 267 g/mol. The molecule has 1 aromatic heterocycles. The summed E-state index contributed by atoms with van der Waals surface area (Å²) < 4.78 is 15.1. The number of aromatic nitrogens is 1. The number of aryl methyl sites for hydroxylation is 1. The molecule has 0 aliphatic rings. The summed E-state index contributed by atoms with van der Waals surface area (Å²) in [6.45, 7) is 4.04. The Morgan fingerprint density at radius 2 is 1.90 bits per heavy atom. The number of nitrogens with zero attached hydrogens (tertiary/aromatic N) is 2. The van der Waals surface area contributed by atoms with E-state index in [0.717, 1.165) is 18.5 Å². The Labute approximate surface area is 125 Å². The molecular formula is C17H23FN2O. The van der Waals surface area contributed by atoms with Gasteiger partial charge < -0.3 is 9.67 Å². The molecule has 1 aromatic carbocycles. The van der Waals surface area contributed by atoms with Crippen molar-refractivity contribution in [1.82, 2.24) is 9.47 Å². The second kappa shape index (κ2) is 7.38. The van der Waals surface area contributed by atoms with Gasteiger partial charge in [-0.25, -0.2) is 4.39 Å². The third-order valence-corrected chi connectivity index (χ3v) is 3.70. The van der Waals surface area contributed by atoms with Crippen LogP contribution in [-0.4, -0.2) is 27.2 Å². The molecule has 0 saturated heterocycles. The van der Waals surface area contributed by atoms with Gasteiger partial charge in [-0.15, -0.1) is 0 Å². The highest BCUT2D eigenvalue weighted by Crippen LogP contribution is 2.12. The molecule has 0 fully saturated rings. The van der Waals surface area contributed by atoms with E-state index >= 15 is 0 Å². The van der Waals surface area contributed by atoms with Crippen LogP contribution in [-0.2, 0) is 20.1 Å². The highest BCUT2D eigenvalue weighted by molar-refractivity contribution is 5.16. The number of rotatable bonds is 7. The normalized spacial score (nSPS) is 12.8. The van der Waals surface area contributed by atoms with Crippen LogP contribution in [0.4, 0.5) is 4.39 Å². The van der Waals surface area contributed by atoms with Crippen LogP contribution in [0.2, 0.25) is 0 Å². The second-order valence-corrected chi connectivity index (χ2v) is 5.47. The minimum Gasteiger partial charge on any atom is -0.392 e. The molecule has 0 aliphatic carbocycles. The molecule has 1 N–H and O–H groups in total. The van der Waals surface area contributed by atoms with E-state index in [1.165, 1.54) is 17.8 Å². The molecule has 1 atom stereocenters. The first-order chi connectivity index (χ1) is 10.1. The predicted octanol–water partition coefficient (Wildman–Crippen LogP) is 2.94. The highest BCUT2D eigenvalue weighted by atomic mass is 19.1. The number of hydrogen-bond donors (Lipinski definition) is 1. The highest BCUT2D eigenvalue weighted by Gasteiger charge is 2.13. The van der Waals surface area contributed by atoms with Crippen LogP contribution in [0.25, 0.3) is 0 Å². The summed E-state index contributed by atoms with van der Waals surface area (Å²) in [6.07, 6.45) is 2.40. The number of benzene rings is 1. The van der Waals surface area contributed by atoms with E-state index in [0.29, 0.717) is 13.1 Å². The van der Waals surface area contributed by atoms with Gasteiger partial charge in [-0.2, -0.15) is 0 Å². The van der Waals surface area contributed by atoms with E-state index < -0.39 is 0 Å². The Morgan fingerprint density at radius 1 is 1.19 bits per heavy atom. The Bertz CT molecular complexity index is 550. The lowest BCUT2D eigenvalue weighted by Gasteiger charge is -2.25. The molecule has 0 amide bonds. The number of hydrogen-bond acceptors (Lipinski definition) is 2. The molecule has 2 aromatic rings. The first-order valence-corrected chi connectivity index (χ1v) is 7.33. The van der Waals surface area contributed by atoms with E-state index in [2.05, 4.69) is 15.5 Å². The maximum atomic E-state index is 13.0. The summed E-state index contributed by atoms with van der Waals surface area (Å²) in [5.74, 6) is -0.221. The number of aliphatic hydroxyl groups excluding tert-OH is 1. The van der Waals surface area contributed by atoms with E-state index in [-0.39, 0.29) is 11.9 Å². The van der Waals surface area contributed by atoms with Crippen LogP contribution in [0, 0.1) is 5.82 Å². The molecule has 114 valence electrons. The minimum absolute atomic E-state index is 0.221. The van der Waals surface area contributed by atoms with Crippen molar-refractivity contribution in [3.8, 4) is 0 Å². The van der Waals surface area contributed by atoms with Gasteiger partial charge in [-0.3, -0.25) is 4.90 Å². The zero-order valence-corrected chi connectivity index (χ0v) is 12.7. The van der Waals surface area contributed by atoms with Gasteiger partial charge in [-0.05, 0) is 36.2 Å². The fraction of sp³-hybridized carbons (Fsp3) is 0.412. The Morgan fingerprint density at radius 3 is 2.48 bits per heavy atom. The smallest absolute Gasteiger partial charge is 0.123 e. The standard InChI is InChI=1S/C17H23FN2O/c1-3-17(21)13-20(12-16-5-4-10-19(16)2)11-14-6-8-15(18)9-7-14/h4-10,17,21H,3,11-13H2,1-2H3. The largest absolute Gasteiger partial charge is 0.392 e. The number of halogens is 1. The average Bonchev–Trinajstić information content (AvgIpc) is 2.86. The second-order valence-electron chi connectivity index (χ2n) is 5.47. The third kappa shape index (κ3) is 4.69. The Balaban J connectivity index is 2.07. The van der Waals surface area contributed by atoms with Crippen molar-refractivity contribution in [2.75, 3.05) is 6.54 Å². The molecule has 1 heterocycles. The van der Waals surface area contributed by atoms with E-state index in [4.69, 9.17) is 0 Å². The van der Waals surface area contributed by atoms with Gasteiger partial charge in [0.2, 0.25) is 0 Å². The SMILES string of the molecule is CCC(O)CN(Cc1ccc(F)cc1)Cc1cccn1C. The zero-order valence-electron chi connectivity index (χ0n) is 12.7. The summed E-state index contributed by atoms with van der Waals surface area (Å²) in [7, 11) is 2.02. The topological polar surface area (TPSA) is 28.4 Å². The first-order valence-electron chi connectivity index (χ1n) is 7.33. The van der Waals surface area contributed by atoms with Gasteiger partial charge in [-0.1, -0.05) is 19.1 Å². The van der Waals surface area contributed by atoms with Crippen molar-refractivity contribution in [2.24, 2.45) is 7.05 Å². The minimum atomic E-state index is -0.342.